The van der Waals surface area contributed by atoms with E-state index in [2.05, 4.69) is 78.7 Å². The van der Waals surface area contributed by atoms with Gasteiger partial charge in [0, 0.05) is 28.9 Å². The number of nitrogens with zero attached hydrogens (tertiary/aromatic N) is 4. The van der Waals surface area contributed by atoms with Gasteiger partial charge in [-0.15, -0.1) is 0 Å². The Morgan fingerprint density at radius 1 is 0.719 bits per heavy atom. The lowest BCUT2D eigenvalue weighted by atomic mass is 9.95. The normalized spacial score (nSPS) is 11.6. The molecule has 0 radical (unpaired) electrons. The van der Waals surface area contributed by atoms with E-state index in [0.29, 0.717) is 0 Å². The lowest BCUT2D eigenvalue weighted by Crippen LogP contribution is -1.97. The Labute approximate surface area is 186 Å². The second-order valence-electron chi connectivity index (χ2n) is 8.38. The lowest BCUT2D eigenvalue weighted by molar-refractivity contribution is 1.24. The molecule has 32 heavy (non-hydrogen) atoms. The van der Waals surface area contributed by atoms with Crippen molar-refractivity contribution >= 4 is 27.6 Å². The molecule has 0 saturated heterocycles. The fourth-order valence-electron chi connectivity index (χ4n) is 4.96. The number of fused-ring (bicyclic) bond motifs is 6. The minimum absolute atomic E-state index is 0.879. The van der Waals surface area contributed by atoms with Crippen LogP contribution in [-0.2, 0) is 0 Å². The van der Waals surface area contributed by atoms with Crippen molar-refractivity contribution < 1.29 is 0 Å². The minimum Gasteiger partial charge on any atom is -0.289 e. The molecule has 0 aliphatic carbocycles. The predicted molar refractivity (Wildman–Crippen MR) is 131 cm³/mol. The molecule has 0 spiro atoms. The summed E-state index contributed by atoms with van der Waals surface area (Å²) in [5.74, 6) is 0. The van der Waals surface area contributed by atoms with Crippen molar-refractivity contribution in [3.8, 4) is 22.5 Å². The maximum Gasteiger partial charge on any atom is 0.148 e. The maximum absolute atomic E-state index is 5.28. The highest BCUT2D eigenvalue weighted by molar-refractivity contribution is 6.09. The molecule has 4 aromatic heterocycles. The number of hydrogen-bond acceptors (Lipinski definition) is 3. The topological polar surface area (TPSA) is 43.1 Å². The van der Waals surface area contributed by atoms with Crippen molar-refractivity contribution in [1.82, 2.24) is 19.4 Å². The molecule has 4 nitrogen and oxygen atoms in total. The van der Waals surface area contributed by atoms with Crippen LogP contribution in [0, 0.1) is 20.8 Å². The summed E-state index contributed by atoms with van der Waals surface area (Å²) in [6, 6.07) is 23.1. The maximum atomic E-state index is 5.28. The summed E-state index contributed by atoms with van der Waals surface area (Å²) in [6.07, 6.45) is 3.65. The zero-order valence-electron chi connectivity index (χ0n) is 18.3. The van der Waals surface area contributed by atoms with Gasteiger partial charge in [0.15, 0.2) is 0 Å². The summed E-state index contributed by atoms with van der Waals surface area (Å²) in [6.45, 7) is 6.49. The van der Waals surface area contributed by atoms with Gasteiger partial charge in [-0.1, -0.05) is 48.0 Å². The molecule has 4 heterocycles. The van der Waals surface area contributed by atoms with Crippen molar-refractivity contribution in [3.63, 3.8) is 0 Å². The zero-order chi connectivity index (χ0) is 21.8. The summed E-state index contributed by atoms with van der Waals surface area (Å²) < 4.78 is 2.26. The first-order valence-corrected chi connectivity index (χ1v) is 10.8. The highest BCUT2D eigenvalue weighted by Crippen LogP contribution is 2.40. The Kier molecular flexibility index (Phi) is 4.08. The SMILES string of the molecule is Cc1cc(C)c(-c2nc3c4cccnc4c4ncccc4n3c2-c2ccccc2)c(C)c1. The van der Waals surface area contributed by atoms with Gasteiger partial charge >= 0.3 is 0 Å². The summed E-state index contributed by atoms with van der Waals surface area (Å²) in [4.78, 5) is 14.7. The van der Waals surface area contributed by atoms with E-state index in [9.17, 15) is 0 Å². The number of pyridine rings is 3. The van der Waals surface area contributed by atoms with E-state index in [4.69, 9.17) is 9.97 Å². The number of hydrogen-bond donors (Lipinski definition) is 0. The van der Waals surface area contributed by atoms with Gasteiger partial charge in [0.05, 0.1) is 16.9 Å². The van der Waals surface area contributed by atoms with Crippen molar-refractivity contribution in [3.05, 3.63) is 95.8 Å². The van der Waals surface area contributed by atoms with Crippen LogP contribution in [0.3, 0.4) is 0 Å². The molecule has 0 atom stereocenters. The molecule has 0 unspecified atom stereocenters. The molecule has 0 bridgehead atoms. The molecule has 2 aromatic carbocycles. The van der Waals surface area contributed by atoms with Crippen LogP contribution >= 0.6 is 0 Å². The summed E-state index contributed by atoms with van der Waals surface area (Å²) in [5, 5.41) is 1.00. The number of aromatic nitrogens is 4. The van der Waals surface area contributed by atoms with Gasteiger partial charge in [-0.2, -0.15) is 0 Å². The van der Waals surface area contributed by atoms with E-state index < -0.39 is 0 Å². The molecule has 154 valence electrons. The van der Waals surface area contributed by atoms with Crippen LogP contribution in [0.2, 0.25) is 0 Å². The third kappa shape index (κ3) is 2.66. The first-order chi connectivity index (χ1) is 15.6. The van der Waals surface area contributed by atoms with Gasteiger partial charge in [-0.05, 0) is 56.2 Å². The average molecular weight is 415 g/mol. The fourth-order valence-corrected chi connectivity index (χ4v) is 4.96. The first kappa shape index (κ1) is 18.7. The number of aryl methyl sites for hydroxylation is 3. The second-order valence-corrected chi connectivity index (χ2v) is 8.38. The van der Waals surface area contributed by atoms with E-state index in [1.807, 2.05) is 30.6 Å². The van der Waals surface area contributed by atoms with Crippen LogP contribution in [0.5, 0.6) is 0 Å². The second kappa shape index (κ2) is 6.99. The van der Waals surface area contributed by atoms with Gasteiger partial charge < -0.3 is 0 Å². The molecule has 0 fully saturated rings. The zero-order valence-corrected chi connectivity index (χ0v) is 18.3. The fraction of sp³-hybridized carbons (Fsp3) is 0.107. The molecule has 0 aliphatic rings. The predicted octanol–water partition coefficient (Wildman–Crippen LogP) is 6.69. The summed E-state index contributed by atoms with van der Waals surface area (Å²) >= 11 is 0. The Balaban J connectivity index is 1.89. The Morgan fingerprint density at radius 3 is 2.16 bits per heavy atom. The highest BCUT2D eigenvalue weighted by atomic mass is 15.0. The third-order valence-electron chi connectivity index (χ3n) is 6.14. The summed E-state index contributed by atoms with van der Waals surface area (Å²) in [7, 11) is 0. The van der Waals surface area contributed by atoms with Crippen LogP contribution in [0.4, 0.5) is 0 Å². The van der Waals surface area contributed by atoms with Crippen molar-refractivity contribution in [2.45, 2.75) is 20.8 Å². The first-order valence-electron chi connectivity index (χ1n) is 10.8. The van der Waals surface area contributed by atoms with Crippen LogP contribution in [0.25, 0.3) is 50.1 Å². The monoisotopic (exact) mass is 414 g/mol. The average Bonchev–Trinajstić information content (AvgIpc) is 3.20. The molecule has 0 aliphatic heterocycles. The molecule has 0 amide bonds. The molecule has 0 N–H and O–H groups in total. The van der Waals surface area contributed by atoms with E-state index in [-0.39, 0.29) is 0 Å². The van der Waals surface area contributed by atoms with Gasteiger partial charge in [-0.25, -0.2) is 4.98 Å². The standard InChI is InChI=1S/C28H22N4/c1-17-15-18(2)23(19(3)16-17)26-27(20-9-5-4-6-10-20)32-22-12-8-14-30-25(22)24-21(28(32)31-26)11-7-13-29-24/h4-16H,1-3H3. The number of rotatable bonds is 2. The lowest BCUT2D eigenvalue weighted by Gasteiger charge is -2.13. The summed E-state index contributed by atoms with van der Waals surface area (Å²) in [5.41, 5.74) is 11.8. The van der Waals surface area contributed by atoms with E-state index in [1.54, 1.807) is 0 Å². The van der Waals surface area contributed by atoms with Crippen LogP contribution < -0.4 is 0 Å². The van der Waals surface area contributed by atoms with Gasteiger partial charge in [0.2, 0.25) is 0 Å². The van der Waals surface area contributed by atoms with Crippen molar-refractivity contribution in [2.75, 3.05) is 0 Å². The van der Waals surface area contributed by atoms with Crippen molar-refractivity contribution in [2.24, 2.45) is 0 Å². The minimum atomic E-state index is 0.879. The molecular weight excluding hydrogens is 392 g/mol. The van der Waals surface area contributed by atoms with Crippen LogP contribution in [0.15, 0.2) is 79.1 Å². The quantitative estimate of drug-likeness (QED) is 0.296. The van der Waals surface area contributed by atoms with E-state index >= 15 is 0 Å². The Morgan fingerprint density at radius 2 is 1.41 bits per heavy atom. The van der Waals surface area contributed by atoms with Gasteiger partial charge in [-0.3, -0.25) is 14.4 Å². The highest BCUT2D eigenvalue weighted by Gasteiger charge is 2.23. The molecular formula is C28H22N4. The van der Waals surface area contributed by atoms with E-state index in [1.165, 1.54) is 22.3 Å². The van der Waals surface area contributed by atoms with Crippen LogP contribution in [0.1, 0.15) is 16.7 Å². The van der Waals surface area contributed by atoms with Gasteiger partial charge in [0.25, 0.3) is 0 Å². The molecule has 6 aromatic rings. The van der Waals surface area contributed by atoms with E-state index in [0.717, 1.165) is 44.5 Å². The van der Waals surface area contributed by atoms with Crippen LogP contribution in [-0.4, -0.2) is 19.4 Å². The third-order valence-corrected chi connectivity index (χ3v) is 6.14. The molecule has 4 heteroatoms. The molecule has 6 rings (SSSR count). The smallest absolute Gasteiger partial charge is 0.148 e. The molecule has 0 saturated carbocycles. The Hall–Kier alpha value is -4.05. The van der Waals surface area contributed by atoms with Gasteiger partial charge in [0.1, 0.15) is 16.7 Å². The number of imidazole rings is 1. The Bertz CT molecular complexity index is 1620. The number of benzene rings is 2. The largest absolute Gasteiger partial charge is 0.289 e. The van der Waals surface area contributed by atoms with Crippen molar-refractivity contribution in [1.29, 1.82) is 0 Å².